The van der Waals surface area contributed by atoms with Crippen molar-refractivity contribution in [3.63, 3.8) is 0 Å². The lowest BCUT2D eigenvalue weighted by Gasteiger charge is -2.09. The Hall–Kier alpha value is -2.96. The minimum atomic E-state index is -4.69. The molecule has 0 atom stereocenters. The van der Waals surface area contributed by atoms with Crippen LogP contribution >= 0.6 is 11.3 Å². The van der Waals surface area contributed by atoms with Gasteiger partial charge in [0.1, 0.15) is 12.2 Å². The highest BCUT2D eigenvalue weighted by Gasteiger charge is 2.34. The fourth-order valence-electron chi connectivity index (χ4n) is 2.22. The highest BCUT2D eigenvalue weighted by Crippen LogP contribution is 2.33. The molecule has 0 saturated heterocycles. The Labute approximate surface area is 163 Å². The zero-order valence-corrected chi connectivity index (χ0v) is 15.4. The molecule has 29 heavy (non-hydrogen) atoms. The molecular formula is C16H12F6N6S. The van der Waals surface area contributed by atoms with E-state index in [9.17, 15) is 26.3 Å². The first-order valence-electron chi connectivity index (χ1n) is 7.92. The van der Waals surface area contributed by atoms with E-state index in [1.807, 2.05) is 0 Å². The molecule has 6 nitrogen and oxygen atoms in total. The van der Waals surface area contributed by atoms with Crippen LogP contribution in [0.1, 0.15) is 16.3 Å². The van der Waals surface area contributed by atoms with Crippen LogP contribution in [0.3, 0.4) is 0 Å². The number of halogens is 6. The van der Waals surface area contributed by atoms with Gasteiger partial charge in [-0.2, -0.15) is 36.5 Å². The number of nitrogens with one attached hydrogen (secondary N) is 1. The third-order valence-electron chi connectivity index (χ3n) is 3.37. The molecule has 0 aliphatic rings. The van der Waals surface area contributed by atoms with E-state index >= 15 is 0 Å². The van der Waals surface area contributed by atoms with Gasteiger partial charge < -0.3 is 0 Å². The number of hydrazone groups is 1. The molecule has 13 heteroatoms. The summed E-state index contributed by atoms with van der Waals surface area (Å²) in [5.74, 6) is -0.410. The molecule has 0 aliphatic heterocycles. The molecule has 0 spiro atoms. The van der Waals surface area contributed by atoms with E-state index in [1.54, 1.807) is 19.1 Å². The molecule has 154 valence electrons. The van der Waals surface area contributed by atoms with Gasteiger partial charge in [-0.15, -0.1) is 11.3 Å². The minimum Gasteiger partial charge on any atom is -0.263 e. The Balaban J connectivity index is 1.80. The van der Waals surface area contributed by atoms with E-state index < -0.39 is 30.5 Å². The van der Waals surface area contributed by atoms with E-state index in [-0.39, 0.29) is 11.4 Å². The van der Waals surface area contributed by atoms with E-state index in [0.717, 1.165) is 23.4 Å². The van der Waals surface area contributed by atoms with E-state index in [4.69, 9.17) is 0 Å². The van der Waals surface area contributed by atoms with Crippen molar-refractivity contribution < 1.29 is 26.3 Å². The van der Waals surface area contributed by atoms with Crippen LogP contribution in [-0.4, -0.2) is 32.1 Å². The molecule has 0 fully saturated rings. The smallest absolute Gasteiger partial charge is 0.263 e. The number of rotatable bonds is 5. The molecule has 0 saturated carbocycles. The summed E-state index contributed by atoms with van der Waals surface area (Å²) in [6.45, 7) is 0.538. The molecule has 0 amide bonds. The van der Waals surface area contributed by atoms with Gasteiger partial charge in [0, 0.05) is 11.1 Å². The van der Waals surface area contributed by atoms with Crippen molar-refractivity contribution in [3.05, 3.63) is 46.7 Å². The van der Waals surface area contributed by atoms with Crippen LogP contribution in [0.5, 0.6) is 0 Å². The van der Waals surface area contributed by atoms with Crippen molar-refractivity contribution in [1.29, 1.82) is 0 Å². The maximum atomic E-state index is 13.1. The molecule has 0 aromatic carbocycles. The number of hydrogen-bond donors (Lipinski definition) is 1. The Bertz CT molecular complexity index is 1020. The molecule has 3 rings (SSSR count). The monoisotopic (exact) mass is 434 g/mol. The van der Waals surface area contributed by atoms with Crippen LogP contribution in [-0.2, 0) is 12.7 Å². The first kappa shape index (κ1) is 20.8. The average molecular weight is 434 g/mol. The summed E-state index contributed by atoms with van der Waals surface area (Å²) in [7, 11) is 0. The second kappa shape index (κ2) is 7.81. The maximum Gasteiger partial charge on any atom is 0.433 e. The van der Waals surface area contributed by atoms with Crippen LogP contribution in [0, 0.1) is 6.92 Å². The van der Waals surface area contributed by atoms with E-state index in [2.05, 4.69) is 25.6 Å². The number of hydrogen-bond acceptors (Lipinski definition) is 6. The molecule has 0 aliphatic carbocycles. The second-order valence-electron chi connectivity index (χ2n) is 5.79. The Kier molecular flexibility index (Phi) is 5.59. The summed E-state index contributed by atoms with van der Waals surface area (Å²) in [5.41, 5.74) is 1.25. The van der Waals surface area contributed by atoms with Crippen molar-refractivity contribution >= 4 is 23.5 Å². The van der Waals surface area contributed by atoms with Crippen molar-refractivity contribution in [2.45, 2.75) is 25.8 Å². The summed E-state index contributed by atoms with van der Waals surface area (Å²) in [6, 6.07) is 5.49. The number of alkyl halides is 6. The van der Waals surface area contributed by atoms with Gasteiger partial charge in [-0.05, 0) is 31.2 Å². The zero-order valence-electron chi connectivity index (χ0n) is 14.6. The quantitative estimate of drug-likeness (QED) is 0.358. The van der Waals surface area contributed by atoms with Gasteiger partial charge in [0.25, 0.3) is 0 Å². The first-order valence-corrected chi connectivity index (χ1v) is 8.74. The molecule has 3 heterocycles. The minimum absolute atomic E-state index is 0.0672. The fourth-order valence-corrected chi connectivity index (χ4v) is 3.04. The van der Waals surface area contributed by atoms with Crippen LogP contribution in [0.25, 0.3) is 10.6 Å². The standard InChI is InChI=1S/C16H12F6N6S/c1-9-2-3-12(29-9)11-6-13(16(20,21)22)25-14(24-11)26-23-7-10-4-5-28(27-10)8-15(17,18)19/h2-7H,8H2,1H3,(H,24,25,26)/b23-7-. The lowest BCUT2D eigenvalue weighted by molar-refractivity contribution is -0.143. The van der Waals surface area contributed by atoms with Gasteiger partial charge >= 0.3 is 12.4 Å². The Morgan fingerprint density at radius 3 is 2.52 bits per heavy atom. The van der Waals surface area contributed by atoms with Crippen LogP contribution < -0.4 is 5.43 Å². The molecule has 3 aromatic heterocycles. The van der Waals surface area contributed by atoms with Crippen LogP contribution in [0.15, 0.2) is 35.6 Å². The molecule has 0 bridgehead atoms. The zero-order chi connectivity index (χ0) is 21.2. The summed E-state index contributed by atoms with van der Waals surface area (Å²) < 4.78 is 77.0. The Morgan fingerprint density at radius 1 is 1.14 bits per heavy atom. The summed E-state index contributed by atoms with van der Waals surface area (Å²) in [4.78, 5) is 8.83. The lowest BCUT2D eigenvalue weighted by atomic mass is 10.2. The van der Waals surface area contributed by atoms with Crippen molar-refractivity contribution in [1.82, 2.24) is 19.7 Å². The van der Waals surface area contributed by atoms with Crippen molar-refractivity contribution in [3.8, 4) is 10.6 Å². The van der Waals surface area contributed by atoms with Crippen LogP contribution in [0.2, 0.25) is 0 Å². The number of thiophene rings is 1. The van der Waals surface area contributed by atoms with Crippen molar-refractivity contribution in [2.24, 2.45) is 5.10 Å². The van der Waals surface area contributed by atoms with Gasteiger partial charge in [0.05, 0.1) is 16.8 Å². The normalized spacial score (nSPS) is 12.7. The highest BCUT2D eigenvalue weighted by atomic mass is 32.1. The SMILES string of the molecule is Cc1ccc(-c2cc(C(F)(F)F)nc(N/N=C\c3ccn(CC(F)(F)F)n3)n2)s1. The Morgan fingerprint density at radius 2 is 1.90 bits per heavy atom. The first-order chi connectivity index (χ1) is 13.5. The number of nitrogens with zero attached hydrogens (tertiary/aromatic N) is 5. The second-order valence-corrected chi connectivity index (χ2v) is 7.08. The average Bonchev–Trinajstić information content (AvgIpc) is 3.21. The van der Waals surface area contributed by atoms with Gasteiger partial charge in [-0.1, -0.05) is 0 Å². The van der Waals surface area contributed by atoms with E-state index in [1.165, 1.54) is 17.4 Å². The number of aromatic nitrogens is 4. The maximum absolute atomic E-state index is 13.1. The van der Waals surface area contributed by atoms with Crippen molar-refractivity contribution in [2.75, 3.05) is 5.43 Å². The van der Waals surface area contributed by atoms with Gasteiger partial charge in [-0.25, -0.2) is 15.4 Å². The topological polar surface area (TPSA) is 68.0 Å². The predicted octanol–water partition coefficient (Wildman–Crippen LogP) is 4.74. The molecule has 3 aromatic rings. The highest BCUT2D eigenvalue weighted by molar-refractivity contribution is 7.15. The van der Waals surface area contributed by atoms with Gasteiger partial charge in [0.15, 0.2) is 5.69 Å². The molecule has 0 radical (unpaired) electrons. The van der Waals surface area contributed by atoms with Crippen LogP contribution in [0.4, 0.5) is 32.3 Å². The molecular weight excluding hydrogens is 422 g/mol. The summed E-state index contributed by atoms with van der Waals surface area (Å²) >= 11 is 1.27. The largest absolute Gasteiger partial charge is 0.433 e. The van der Waals surface area contributed by atoms with E-state index in [0.29, 0.717) is 9.56 Å². The fraction of sp³-hybridized carbons (Fsp3) is 0.250. The third kappa shape index (κ3) is 5.76. The molecule has 0 unspecified atom stereocenters. The molecule has 1 N–H and O–H groups in total. The van der Waals surface area contributed by atoms with Gasteiger partial charge in [-0.3, -0.25) is 4.68 Å². The summed E-state index contributed by atoms with van der Waals surface area (Å²) in [5, 5.41) is 7.30. The number of aryl methyl sites for hydroxylation is 1. The predicted molar refractivity (Wildman–Crippen MR) is 94.6 cm³/mol. The van der Waals surface area contributed by atoms with Gasteiger partial charge in [0.2, 0.25) is 5.95 Å². The third-order valence-corrected chi connectivity index (χ3v) is 4.40. The summed E-state index contributed by atoms with van der Waals surface area (Å²) in [6.07, 6.45) is -6.97. The number of anilines is 1. The lowest BCUT2D eigenvalue weighted by Crippen LogP contribution is -2.18.